The molecule has 0 heterocycles. The fraction of sp³-hybridized carbons (Fsp3) is 0.571. The minimum atomic E-state index is -0.363. The molecule has 0 saturated heterocycles. The molecule has 1 rings (SSSR count). The van der Waals surface area contributed by atoms with Crippen molar-refractivity contribution in [1.29, 1.82) is 0 Å². The number of nitrogens with one attached hydrogen (secondary N) is 2. The zero-order valence-electron chi connectivity index (χ0n) is 12.1. The number of aliphatic hydroxyl groups excluding tert-OH is 1. The van der Waals surface area contributed by atoms with Gasteiger partial charge in [-0.05, 0) is 25.5 Å². The van der Waals surface area contributed by atoms with E-state index in [1.165, 1.54) is 11.1 Å². The molecule has 0 aliphatic carbocycles. The lowest BCUT2D eigenvalue weighted by Gasteiger charge is -2.16. The predicted molar refractivity (Wildman–Crippen MR) is 88.0 cm³/mol. The van der Waals surface area contributed by atoms with Crippen LogP contribution >= 0.6 is 24.8 Å². The molecule has 0 saturated carbocycles. The fourth-order valence-electron chi connectivity index (χ4n) is 1.68. The van der Waals surface area contributed by atoms with E-state index in [4.69, 9.17) is 0 Å². The van der Waals surface area contributed by atoms with Gasteiger partial charge in [0.1, 0.15) is 0 Å². The lowest BCUT2D eigenvalue weighted by molar-refractivity contribution is 0.181. The molecule has 0 fully saturated rings. The molecule has 0 aliphatic heterocycles. The molecule has 0 aliphatic rings. The first-order valence-corrected chi connectivity index (χ1v) is 6.21. The Morgan fingerprint density at radius 1 is 1.11 bits per heavy atom. The molecule has 112 valence electrons. The summed E-state index contributed by atoms with van der Waals surface area (Å²) < 4.78 is 0. The van der Waals surface area contributed by atoms with Crippen LogP contribution in [0.4, 0.5) is 5.69 Å². The van der Waals surface area contributed by atoms with E-state index < -0.39 is 0 Å². The maximum atomic E-state index is 9.78. The molecule has 0 aromatic heterocycles. The second-order valence-electron chi connectivity index (χ2n) is 4.92. The Labute approximate surface area is 129 Å². The number of benzene rings is 1. The Morgan fingerprint density at radius 2 is 1.74 bits per heavy atom. The second kappa shape index (κ2) is 10.3. The normalized spacial score (nSPS) is 11.5. The first kappa shape index (κ1) is 20.8. The fourth-order valence-corrected chi connectivity index (χ4v) is 1.68. The van der Waals surface area contributed by atoms with Gasteiger partial charge in [0, 0.05) is 24.8 Å². The van der Waals surface area contributed by atoms with Crippen molar-refractivity contribution in [3.8, 4) is 0 Å². The van der Waals surface area contributed by atoms with E-state index in [0.717, 1.165) is 5.69 Å². The van der Waals surface area contributed by atoms with Gasteiger partial charge >= 0.3 is 0 Å². The number of aryl methyl sites for hydroxylation is 2. The monoisotopic (exact) mass is 308 g/mol. The predicted octanol–water partition coefficient (Wildman–Crippen LogP) is 2.92. The van der Waals surface area contributed by atoms with Crippen LogP contribution < -0.4 is 10.6 Å². The number of anilines is 1. The van der Waals surface area contributed by atoms with E-state index in [9.17, 15) is 5.11 Å². The molecule has 1 aromatic carbocycles. The smallest absolute Gasteiger partial charge is 0.0836 e. The topological polar surface area (TPSA) is 44.3 Å². The van der Waals surface area contributed by atoms with Crippen molar-refractivity contribution in [2.45, 2.75) is 39.8 Å². The van der Waals surface area contributed by atoms with Gasteiger partial charge in [-0.1, -0.05) is 31.5 Å². The Morgan fingerprint density at radius 3 is 2.26 bits per heavy atom. The van der Waals surface area contributed by atoms with E-state index in [1.807, 2.05) is 0 Å². The van der Waals surface area contributed by atoms with Crippen LogP contribution in [0.1, 0.15) is 25.0 Å². The quantitative estimate of drug-likeness (QED) is 0.757. The highest BCUT2D eigenvalue weighted by Crippen LogP contribution is 2.15. The lowest BCUT2D eigenvalue weighted by Crippen LogP contribution is -2.35. The molecule has 5 heteroatoms. The number of aliphatic hydroxyl groups is 1. The van der Waals surface area contributed by atoms with Crippen molar-refractivity contribution in [3.05, 3.63) is 29.3 Å². The maximum Gasteiger partial charge on any atom is 0.0836 e. The van der Waals surface area contributed by atoms with Crippen LogP contribution in [0, 0.1) is 13.8 Å². The third-order valence-corrected chi connectivity index (χ3v) is 2.67. The number of halogens is 2. The van der Waals surface area contributed by atoms with Crippen LogP contribution in [0.15, 0.2) is 18.2 Å². The van der Waals surface area contributed by atoms with Gasteiger partial charge in [0.15, 0.2) is 0 Å². The Bertz CT molecular complexity index is 359. The van der Waals surface area contributed by atoms with Gasteiger partial charge < -0.3 is 15.7 Å². The van der Waals surface area contributed by atoms with Crippen LogP contribution in [0.3, 0.4) is 0 Å². The highest BCUT2D eigenvalue weighted by atomic mass is 35.5. The molecule has 1 atom stereocenters. The molecule has 0 radical (unpaired) electrons. The Hall–Kier alpha value is -0.480. The van der Waals surface area contributed by atoms with Crippen LogP contribution in [0.2, 0.25) is 0 Å². The van der Waals surface area contributed by atoms with Crippen molar-refractivity contribution in [2.75, 3.05) is 18.4 Å². The van der Waals surface area contributed by atoms with Gasteiger partial charge in [-0.15, -0.1) is 24.8 Å². The first-order valence-electron chi connectivity index (χ1n) is 6.21. The zero-order valence-corrected chi connectivity index (χ0v) is 13.7. The summed E-state index contributed by atoms with van der Waals surface area (Å²) in [5.74, 6) is 0. The highest BCUT2D eigenvalue weighted by Gasteiger charge is 2.05. The van der Waals surface area contributed by atoms with E-state index in [-0.39, 0.29) is 30.9 Å². The highest BCUT2D eigenvalue weighted by molar-refractivity contribution is 5.85. The molecule has 19 heavy (non-hydrogen) atoms. The molecule has 0 amide bonds. The number of hydrogen-bond acceptors (Lipinski definition) is 3. The summed E-state index contributed by atoms with van der Waals surface area (Å²) in [4.78, 5) is 0. The summed E-state index contributed by atoms with van der Waals surface area (Å²) in [6.07, 6.45) is -0.363. The van der Waals surface area contributed by atoms with Crippen LogP contribution in [0.5, 0.6) is 0 Å². The van der Waals surface area contributed by atoms with Gasteiger partial charge in [-0.3, -0.25) is 0 Å². The SMILES string of the molecule is Cc1ccc(NCC(O)CNC(C)C)c(C)c1.Cl.Cl. The number of hydrogen-bond donors (Lipinski definition) is 3. The van der Waals surface area contributed by atoms with E-state index >= 15 is 0 Å². The minimum absolute atomic E-state index is 0. The summed E-state index contributed by atoms with van der Waals surface area (Å²) in [5, 5.41) is 16.3. The molecule has 0 spiro atoms. The van der Waals surface area contributed by atoms with Crippen LogP contribution in [-0.2, 0) is 0 Å². The summed E-state index contributed by atoms with van der Waals surface area (Å²) in [6.45, 7) is 9.50. The maximum absolute atomic E-state index is 9.78. The summed E-state index contributed by atoms with van der Waals surface area (Å²) in [5.41, 5.74) is 3.57. The number of rotatable bonds is 6. The molecular weight excluding hydrogens is 283 g/mol. The van der Waals surface area contributed by atoms with Gasteiger partial charge in [-0.25, -0.2) is 0 Å². The van der Waals surface area contributed by atoms with Crippen molar-refractivity contribution in [2.24, 2.45) is 0 Å². The molecule has 0 bridgehead atoms. The second-order valence-corrected chi connectivity index (χ2v) is 4.92. The van der Waals surface area contributed by atoms with E-state index in [2.05, 4.69) is 56.5 Å². The molecule has 1 aromatic rings. The average Bonchev–Trinajstić information content (AvgIpc) is 2.25. The van der Waals surface area contributed by atoms with Gasteiger partial charge in [0.2, 0.25) is 0 Å². The zero-order chi connectivity index (χ0) is 12.8. The van der Waals surface area contributed by atoms with Crippen molar-refractivity contribution in [3.63, 3.8) is 0 Å². The minimum Gasteiger partial charge on any atom is -0.390 e. The van der Waals surface area contributed by atoms with Crippen molar-refractivity contribution >= 4 is 30.5 Å². The van der Waals surface area contributed by atoms with Crippen molar-refractivity contribution < 1.29 is 5.11 Å². The third kappa shape index (κ3) is 8.32. The van der Waals surface area contributed by atoms with E-state index in [1.54, 1.807) is 0 Å². The Balaban J connectivity index is 0. The van der Waals surface area contributed by atoms with Gasteiger partial charge in [0.25, 0.3) is 0 Å². The molecule has 3 nitrogen and oxygen atoms in total. The summed E-state index contributed by atoms with van der Waals surface area (Å²) in [7, 11) is 0. The molecular formula is C14H26Cl2N2O. The largest absolute Gasteiger partial charge is 0.390 e. The summed E-state index contributed by atoms with van der Waals surface area (Å²) >= 11 is 0. The summed E-state index contributed by atoms with van der Waals surface area (Å²) in [6, 6.07) is 6.69. The van der Waals surface area contributed by atoms with Crippen molar-refractivity contribution in [1.82, 2.24) is 5.32 Å². The Kier molecular flexibility index (Phi) is 11.3. The molecule has 1 unspecified atom stereocenters. The van der Waals surface area contributed by atoms with E-state index in [0.29, 0.717) is 19.1 Å². The lowest BCUT2D eigenvalue weighted by atomic mass is 10.1. The average molecular weight is 309 g/mol. The first-order chi connectivity index (χ1) is 7.99. The van der Waals surface area contributed by atoms with Crippen LogP contribution in [0.25, 0.3) is 0 Å². The molecule has 3 N–H and O–H groups in total. The van der Waals surface area contributed by atoms with Crippen LogP contribution in [-0.4, -0.2) is 30.3 Å². The van der Waals surface area contributed by atoms with Gasteiger partial charge in [0.05, 0.1) is 6.10 Å². The third-order valence-electron chi connectivity index (χ3n) is 2.67. The van der Waals surface area contributed by atoms with Gasteiger partial charge in [-0.2, -0.15) is 0 Å². The standard InChI is InChI=1S/C14H24N2O.2ClH/c1-10(2)15-8-13(17)9-16-14-6-5-11(3)7-12(14)4;;/h5-7,10,13,15-17H,8-9H2,1-4H3;2*1H.